The molecule has 0 spiro atoms. The van der Waals surface area contributed by atoms with Crippen molar-refractivity contribution in [1.82, 2.24) is 4.90 Å². The van der Waals surface area contributed by atoms with E-state index in [1.807, 2.05) is 25.8 Å². The first-order valence-electron chi connectivity index (χ1n) is 5.20. The number of carbonyl (C=O) groups excluding carboxylic acids is 1. The summed E-state index contributed by atoms with van der Waals surface area (Å²) in [6.07, 6.45) is 2.32. The van der Waals surface area contributed by atoms with Gasteiger partial charge in [-0.25, -0.2) is 0 Å². The average Bonchev–Trinajstić information content (AvgIpc) is 2.02. The quantitative estimate of drug-likeness (QED) is 0.644. The Morgan fingerprint density at radius 1 is 1.23 bits per heavy atom. The molecular weight excluding hydrogens is 162 g/mol. The van der Waals surface area contributed by atoms with E-state index < -0.39 is 0 Å². The molecule has 0 bridgehead atoms. The Bertz CT molecular complexity index is 152. The van der Waals surface area contributed by atoms with Crippen molar-refractivity contribution in [3.05, 3.63) is 0 Å². The molecule has 0 aromatic heterocycles. The molecule has 0 heterocycles. The van der Waals surface area contributed by atoms with E-state index in [1.54, 1.807) is 0 Å². The smallest absolute Gasteiger partial charge is 0.224 e. The van der Waals surface area contributed by atoms with Crippen LogP contribution in [-0.4, -0.2) is 24.4 Å². The summed E-state index contributed by atoms with van der Waals surface area (Å²) in [7, 11) is 1.89. The fraction of sp³-hybridized carbons (Fsp3) is 0.909. The van der Waals surface area contributed by atoms with Crippen molar-refractivity contribution < 1.29 is 4.79 Å². The van der Waals surface area contributed by atoms with Crippen molar-refractivity contribution >= 4 is 5.91 Å². The lowest BCUT2D eigenvalue weighted by Crippen LogP contribution is -2.31. The molecule has 1 amide bonds. The van der Waals surface area contributed by atoms with Crippen LogP contribution in [-0.2, 0) is 4.79 Å². The lowest BCUT2D eigenvalue weighted by molar-refractivity contribution is -0.133. The van der Waals surface area contributed by atoms with Crippen LogP contribution in [0.2, 0.25) is 0 Å². The molecule has 0 fully saturated rings. The van der Waals surface area contributed by atoms with Crippen LogP contribution in [0.4, 0.5) is 0 Å². The molecule has 0 atom stereocenters. The molecular formula is C11H23NO. The first-order valence-corrected chi connectivity index (χ1v) is 5.20. The maximum atomic E-state index is 11.4. The topological polar surface area (TPSA) is 20.3 Å². The van der Waals surface area contributed by atoms with Crippen LogP contribution in [0.25, 0.3) is 0 Å². The standard InChI is InChI=1S/C11H23NO/c1-9(2)7-6-8-12(5)11(13)10(3)4/h9-10H,6-8H2,1-5H3. The second-order valence-corrected chi connectivity index (χ2v) is 4.45. The fourth-order valence-corrected chi connectivity index (χ4v) is 1.29. The molecule has 0 aromatic rings. The first-order chi connectivity index (χ1) is 5.95. The highest BCUT2D eigenvalue weighted by Gasteiger charge is 2.11. The zero-order chi connectivity index (χ0) is 10.4. The normalized spacial score (nSPS) is 11.0. The van der Waals surface area contributed by atoms with E-state index in [-0.39, 0.29) is 11.8 Å². The molecule has 0 rings (SSSR count). The Morgan fingerprint density at radius 2 is 1.77 bits per heavy atom. The van der Waals surface area contributed by atoms with Gasteiger partial charge in [0, 0.05) is 19.5 Å². The van der Waals surface area contributed by atoms with E-state index in [2.05, 4.69) is 13.8 Å². The Hall–Kier alpha value is -0.530. The third-order valence-electron chi connectivity index (χ3n) is 2.15. The van der Waals surface area contributed by atoms with Gasteiger partial charge in [-0.1, -0.05) is 27.7 Å². The summed E-state index contributed by atoms with van der Waals surface area (Å²) in [5.41, 5.74) is 0. The predicted octanol–water partition coefficient (Wildman–Crippen LogP) is 2.54. The number of rotatable bonds is 5. The highest BCUT2D eigenvalue weighted by Crippen LogP contribution is 2.06. The fourth-order valence-electron chi connectivity index (χ4n) is 1.29. The van der Waals surface area contributed by atoms with Crippen molar-refractivity contribution in [2.45, 2.75) is 40.5 Å². The Balaban J connectivity index is 3.62. The molecule has 0 saturated carbocycles. The Morgan fingerprint density at radius 3 is 2.15 bits per heavy atom. The number of hydrogen-bond acceptors (Lipinski definition) is 1. The summed E-state index contributed by atoms with van der Waals surface area (Å²) in [6.45, 7) is 9.21. The number of amides is 1. The first kappa shape index (κ1) is 12.5. The van der Waals surface area contributed by atoms with E-state index in [9.17, 15) is 4.79 Å². The SMILES string of the molecule is CC(C)CCCN(C)C(=O)C(C)C. The van der Waals surface area contributed by atoms with Crippen molar-refractivity contribution in [2.24, 2.45) is 11.8 Å². The molecule has 0 aromatic carbocycles. The Kier molecular flexibility index (Phi) is 5.76. The summed E-state index contributed by atoms with van der Waals surface area (Å²) in [4.78, 5) is 13.3. The van der Waals surface area contributed by atoms with E-state index in [0.717, 1.165) is 18.9 Å². The summed E-state index contributed by atoms with van der Waals surface area (Å²) >= 11 is 0. The molecule has 2 nitrogen and oxygen atoms in total. The van der Waals surface area contributed by atoms with Crippen LogP contribution < -0.4 is 0 Å². The molecule has 0 aliphatic carbocycles. The molecule has 0 radical (unpaired) electrons. The molecule has 78 valence electrons. The number of carbonyl (C=O) groups is 1. The third-order valence-corrected chi connectivity index (χ3v) is 2.15. The monoisotopic (exact) mass is 185 g/mol. The molecule has 0 saturated heterocycles. The molecule has 0 unspecified atom stereocenters. The maximum absolute atomic E-state index is 11.4. The van der Waals surface area contributed by atoms with E-state index in [1.165, 1.54) is 6.42 Å². The highest BCUT2D eigenvalue weighted by atomic mass is 16.2. The van der Waals surface area contributed by atoms with Gasteiger partial charge >= 0.3 is 0 Å². The number of hydrogen-bond donors (Lipinski definition) is 0. The van der Waals surface area contributed by atoms with Crippen LogP contribution in [0, 0.1) is 11.8 Å². The second kappa shape index (κ2) is 6.01. The van der Waals surface area contributed by atoms with Crippen molar-refractivity contribution in [1.29, 1.82) is 0 Å². The van der Waals surface area contributed by atoms with Gasteiger partial charge in [0.15, 0.2) is 0 Å². The van der Waals surface area contributed by atoms with Crippen LogP contribution in [0.3, 0.4) is 0 Å². The van der Waals surface area contributed by atoms with Crippen molar-refractivity contribution in [3.8, 4) is 0 Å². The van der Waals surface area contributed by atoms with Gasteiger partial charge in [-0.15, -0.1) is 0 Å². The zero-order valence-corrected chi connectivity index (χ0v) is 9.63. The summed E-state index contributed by atoms with van der Waals surface area (Å²) in [5.74, 6) is 1.12. The van der Waals surface area contributed by atoms with Gasteiger partial charge < -0.3 is 4.90 Å². The van der Waals surface area contributed by atoms with Gasteiger partial charge in [0.25, 0.3) is 0 Å². The van der Waals surface area contributed by atoms with Gasteiger partial charge in [0.2, 0.25) is 5.91 Å². The Labute approximate surface area is 82.3 Å². The van der Waals surface area contributed by atoms with E-state index >= 15 is 0 Å². The van der Waals surface area contributed by atoms with Crippen LogP contribution >= 0.6 is 0 Å². The predicted molar refractivity (Wildman–Crippen MR) is 56.5 cm³/mol. The summed E-state index contributed by atoms with van der Waals surface area (Å²) < 4.78 is 0. The van der Waals surface area contributed by atoms with Crippen LogP contribution in [0.1, 0.15) is 40.5 Å². The number of nitrogens with zero attached hydrogens (tertiary/aromatic N) is 1. The molecule has 0 N–H and O–H groups in total. The third kappa shape index (κ3) is 5.67. The van der Waals surface area contributed by atoms with Gasteiger partial charge in [0.1, 0.15) is 0 Å². The van der Waals surface area contributed by atoms with E-state index in [4.69, 9.17) is 0 Å². The molecule has 2 heteroatoms. The van der Waals surface area contributed by atoms with Crippen LogP contribution in [0.5, 0.6) is 0 Å². The van der Waals surface area contributed by atoms with Gasteiger partial charge in [-0.3, -0.25) is 4.79 Å². The summed E-state index contributed by atoms with van der Waals surface area (Å²) in [5, 5.41) is 0. The highest BCUT2D eigenvalue weighted by molar-refractivity contribution is 5.77. The minimum absolute atomic E-state index is 0.129. The van der Waals surface area contributed by atoms with Crippen LogP contribution in [0.15, 0.2) is 0 Å². The van der Waals surface area contributed by atoms with E-state index in [0.29, 0.717) is 0 Å². The van der Waals surface area contributed by atoms with Gasteiger partial charge in [0.05, 0.1) is 0 Å². The van der Waals surface area contributed by atoms with Crippen molar-refractivity contribution in [2.75, 3.05) is 13.6 Å². The van der Waals surface area contributed by atoms with Gasteiger partial charge in [-0.05, 0) is 18.8 Å². The maximum Gasteiger partial charge on any atom is 0.224 e. The van der Waals surface area contributed by atoms with Gasteiger partial charge in [-0.2, -0.15) is 0 Å². The molecule has 0 aliphatic rings. The lowest BCUT2D eigenvalue weighted by atomic mass is 10.1. The largest absolute Gasteiger partial charge is 0.346 e. The zero-order valence-electron chi connectivity index (χ0n) is 9.63. The minimum Gasteiger partial charge on any atom is -0.346 e. The lowest BCUT2D eigenvalue weighted by Gasteiger charge is -2.19. The minimum atomic E-state index is 0.129. The molecule has 0 aliphatic heterocycles. The molecule has 13 heavy (non-hydrogen) atoms. The average molecular weight is 185 g/mol. The second-order valence-electron chi connectivity index (χ2n) is 4.45. The van der Waals surface area contributed by atoms with Crippen molar-refractivity contribution in [3.63, 3.8) is 0 Å². The summed E-state index contributed by atoms with van der Waals surface area (Å²) in [6, 6.07) is 0.